The van der Waals surface area contributed by atoms with Gasteiger partial charge in [-0.1, -0.05) is 25.1 Å². The molecule has 1 atom stereocenters. The number of hydrogen-bond donors (Lipinski definition) is 3. The van der Waals surface area contributed by atoms with Crippen LogP contribution < -0.4 is 15.8 Å². The van der Waals surface area contributed by atoms with Crippen molar-refractivity contribution in [1.82, 2.24) is 15.2 Å². The lowest BCUT2D eigenvalue weighted by Gasteiger charge is -2.29. The van der Waals surface area contributed by atoms with Gasteiger partial charge in [0.2, 0.25) is 0 Å². The molecule has 0 unspecified atom stereocenters. The summed E-state index contributed by atoms with van der Waals surface area (Å²) < 4.78 is 5.46. The summed E-state index contributed by atoms with van der Waals surface area (Å²) in [6, 6.07) is 8.40. The fraction of sp³-hybridized carbons (Fsp3) is 0.565. The molecule has 7 heteroatoms. The van der Waals surface area contributed by atoms with E-state index in [1.54, 1.807) is 4.90 Å². The number of nitrogens with one attached hydrogen (secondary N) is 3. The van der Waals surface area contributed by atoms with Gasteiger partial charge in [-0.25, -0.2) is 0 Å². The van der Waals surface area contributed by atoms with E-state index in [0.717, 1.165) is 79.4 Å². The van der Waals surface area contributed by atoms with Gasteiger partial charge in [0.25, 0.3) is 5.56 Å². The van der Waals surface area contributed by atoms with Gasteiger partial charge in [0, 0.05) is 24.6 Å². The van der Waals surface area contributed by atoms with Crippen LogP contribution in [0.2, 0.25) is 0 Å². The predicted molar refractivity (Wildman–Crippen MR) is 126 cm³/mol. The van der Waals surface area contributed by atoms with Crippen LogP contribution in [-0.4, -0.2) is 60.4 Å². The molecule has 0 aliphatic carbocycles. The van der Waals surface area contributed by atoms with Crippen molar-refractivity contribution in [3.63, 3.8) is 0 Å². The fourth-order valence-electron chi connectivity index (χ4n) is 3.84. The Hall–Kier alpha value is -1.96. The molecule has 30 heavy (non-hydrogen) atoms. The van der Waals surface area contributed by atoms with Gasteiger partial charge in [0.1, 0.15) is 13.1 Å². The minimum Gasteiger partial charge on any atom is -0.370 e. The molecule has 3 rings (SSSR count). The lowest BCUT2D eigenvalue weighted by atomic mass is 10.1. The van der Waals surface area contributed by atoms with Crippen LogP contribution in [0.15, 0.2) is 29.1 Å². The molecule has 1 aromatic heterocycles. The summed E-state index contributed by atoms with van der Waals surface area (Å²) in [5.74, 6) is 0. The molecule has 0 bridgehead atoms. The molecule has 2 aromatic rings. The predicted octanol–water partition coefficient (Wildman–Crippen LogP) is 1.62. The van der Waals surface area contributed by atoms with Crippen molar-refractivity contribution in [2.45, 2.75) is 46.2 Å². The van der Waals surface area contributed by atoms with Crippen molar-refractivity contribution in [2.75, 3.05) is 39.4 Å². The zero-order valence-electron chi connectivity index (χ0n) is 18.4. The number of hydrogen-bond acceptors (Lipinski definition) is 3. The number of benzene rings is 1. The van der Waals surface area contributed by atoms with Gasteiger partial charge >= 0.3 is 0 Å². The Morgan fingerprint density at radius 2 is 2.13 bits per heavy atom. The van der Waals surface area contributed by atoms with Gasteiger partial charge in [-0.05, 0) is 49.5 Å². The van der Waals surface area contributed by atoms with Gasteiger partial charge < -0.3 is 24.8 Å². The summed E-state index contributed by atoms with van der Waals surface area (Å²) in [4.78, 5) is 19.6. The number of H-pyrrole nitrogens is 1. The van der Waals surface area contributed by atoms with Crippen LogP contribution in [0.1, 0.15) is 37.8 Å². The van der Waals surface area contributed by atoms with Crippen LogP contribution in [0.4, 0.5) is 0 Å². The highest BCUT2D eigenvalue weighted by Crippen LogP contribution is 2.16. The molecule has 0 radical (unpaired) electrons. The summed E-state index contributed by atoms with van der Waals surface area (Å²) in [6.45, 7) is 12.6. The highest BCUT2D eigenvalue weighted by atomic mass is 32.1. The summed E-state index contributed by atoms with van der Waals surface area (Å²) in [7, 11) is 0. The second-order valence-electron chi connectivity index (χ2n) is 8.31. The largest absolute Gasteiger partial charge is 0.370 e. The first-order valence-electron chi connectivity index (χ1n) is 11.1. The zero-order chi connectivity index (χ0) is 21.5. The van der Waals surface area contributed by atoms with Crippen LogP contribution in [0, 0.1) is 6.92 Å². The van der Waals surface area contributed by atoms with Crippen LogP contribution in [0.25, 0.3) is 10.9 Å². The van der Waals surface area contributed by atoms with Crippen molar-refractivity contribution in [1.29, 1.82) is 0 Å². The van der Waals surface area contributed by atoms with Crippen molar-refractivity contribution < 1.29 is 9.64 Å². The average molecular weight is 432 g/mol. The molecule has 6 nitrogen and oxygen atoms in total. The normalized spacial score (nSPS) is 15.8. The quantitative estimate of drug-likeness (QED) is 0.555. The number of pyridine rings is 1. The molecular formula is C23H35N4O2S+. The Labute approximate surface area is 184 Å². The zero-order valence-corrected chi connectivity index (χ0v) is 19.2. The molecule has 0 saturated carbocycles. The van der Waals surface area contributed by atoms with E-state index in [-0.39, 0.29) is 5.56 Å². The number of morpholine rings is 1. The third-order valence-corrected chi connectivity index (χ3v) is 6.33. The van der Waals surface area contributed by atoms with E-state index in [2.05, 4.69) is 29.0 Å². The lowest BCUT2D eigenvalue weighted by molar-refractivity contribution is -0.908. The van der Waals surface area contributed by atoms with E-state index in [1.165, 1.54) is 0 Å². The maximum atomic E-state index is 12.8. The minimum atomic E-state index is -0.0352. The topological polar surface area (TPSA) is 61.8 Å². The van der Waals surface area contributed by atoms with E-state index < -0.39 is 0 Å². The third-order valence-electron chi connectivity index (χ3n) is 5.95. The number of nitrogens with zero attached hydrogens (tertiary/aromatic N) is 1. The number of ether oxygens (including phenoxy) is 1. The fourth-order valence-corrected chi connectivity index (χ4v) is 4.20. The van der Waals surface area contributed by atoms with Gasteiger partial charge in [-0.3, -0.25) is 4.79 Å². The highest BCUT2D eigenvalue weighted by Gasteiger charge is 2.17. The second-order valence-corrected chi connectivity index (χ2v) is 8.70. The molecule has 1 fully saturated rings. The van der Waals surface area contributed by atoms with Crippen LogP contribution >= 0.6 is 12.2 Å². The molecule has 1 aliphatic heterocycles. The number of para-hydroxylation sites is 1. The second kappa shape index (κ2) is 10.9. The first-order valence-corrected chi connectivity index (χ1v) is 11.5. The van der Waals surface area contributed by atoms with Crippen molar-refractivity contribution in [3.8, 4) is 0 Å². The van der Waals surface area contributed by atoms with Crippen LogP contribution in [0.5, 0.6) is 0 Å². The number of quaternary nitrogens is 1. The number of aryl methyl sites for hydroxylation is 1. The first-order chi connectivity index (χ1) is 14.5. The number of aromatic amines is 1. The Morgan fingerprint density at radius 3 is 2.87 bits per heavy atom. The van der Waals surface area contributed by atoms with Crippen molar-refractivity contribution in [3.05, 3.63) is 45.7 Å². The third kappa shape index (κ3) is 6.03. The maximum Gasteiger partial charge on any atom is 0.253 e. The molecule has 1 aliphatic rings. The molecule has 0 amide bonds. The van der Waals surface area contributed by atoms with Crippen LogP contribution in [-0.2, 0) is 11.3 Å². The summed E-state index contributed by atoms with van der Waals surface area (Å²) in [5, 5.41) is 5.21. The molecule has 2 heterocycles. The number of aromatic nitrogens is 1. The number of rotatable bonds is 8. The SMILES string of the molecule is CC[C@H](C)NC(=S)N(CCC[NH+]1CCOCC1)Cc1cc2cccc(C)c2[nH]c1=O. The van der Waals surface area contributed by atoms with Gasteiger partial charge in [-0.2, -0.15) is 0 Å². The van der Waals surface area contributed by atoms with Gasteiger partial charge in [0.15, 0.2) is 5.11 Å². The van der Waals surface area contributed by atoms with E-state index in [9.17, 15) is 4.79 Å². The van der Waals surface area contributed by atoms with E-state index in [4.69, 9.17) is 17.0 Å². The van der Waals surface area contributed by atoms with E-state index >= 15 is 0 Å². The Balaban J connectivity index is 1.73. The molecule has 0 spiro atoms. The molecule has 164 valence electrons. The lowest BCUT2D eigenvalue weighted by Crippen LogP contribution is -3.14. The van der Waals surface area contributed by atoms with E-state index in [0.29, 0.717) is 12.6 Å². The Bertz CT molecular complexity index is 908. The first kappa shape index (κ1) is 22.7. The average Bonchev–Trinajstić information content (AvgIpc) is 2.74. The van der Waals surface area contributed by atoms with Crippen molar-refractivity contribution >= 4 is 28.2 Å². The van der Waals surface area contributed by atoms with E-state index in [1.807, 2.05) is 31.2 Å². The Morgan fingerprint density at radius 1 is 1.37 bits per heavy atom. The Kier molecular flexibility index (Phi) is 8.24. The summed E-state index contributed by atoms with van der Waals surface area (Å²) >= 11 is 5.72. The van der Waals surface area contributed by atoms with Crippen LogP contribution in [0.3, 0.4) is 0 Å². The maximum absolute atomic E-state index is 12.8. The van der Waals surface area contributed by atoms with Gasteiger partial charge in [0.05, 0.1) is 31.8 Å². The highest BCUT2D eigenvalue weighted by molar-refractivity contribution is 7.80. The minimum absolute atomic E-state index is 0.0352. The molecule has 1 aromatic carbocycles. The van der Waals surface area contributed by atoms with Gasteiger partial charge in [-0.15, -0.1) is 0 Å². The number of fused-ring (bicyclic) bond motifs is 1. The summed E-state index contributed by atoms with van der Waals surface area (Å²) in [5.41, 5.74) is 2.71. The molecular weight excluding hydrogens is 396 g/mol. The summed E-state index contributed by atoms with van der Waals surface area (Å²) in [6.07, 6.45) is 2.03. The molecule has 1 saturated heterocycles. The standard InChI is InChI=1S/C23H34N4O2S/c1-4-18(3)24-23(30)27(10-6-9-26-11-13-29-14-12-26)16-20-15-19-8-5-7-17(2)21(19)25-22(20)28/h5,7-8,15,18H,4,6,9-14,16H2,1-3H3,(H,24,30)(H,25,28)/p+1/t18-/m0/s1. The smallest absolute Gasteiger partial charge is 0.253 e. The monoisotopic (exact) mass is 431 g/mol. The molecule has 3 N–H and O–H groups in total. The van der Waals surface area contributed by atoms with Crippen molar-refractivity contribution in [2.24, 2.45) is 0 Å². The number of thiocarbonyl (C=S) groups is 1.